The molecule has 0 atom stereocenters. The predicted octanol–water partition coefficient (Wildman–Crippen LogP) is 1.53. The van der Waals surface area contributed by atoms with E-state index in [-0.39, 0.29) is 5.91 Å². The lowest BCUT2D eigenvalue weighted by Crippen LogP contribution is -2.26. The molecule has 0 aliphatic heterocycles. The summed E-state index contributed by atoms with van der Waals surface area (Å²) in [6.07, 6.45) is 6.16. The first-order valence-electron chi connectivity index (χ1n) is 6.75. The van der Waals surface area contributed by atoms with Crippen molar-refractivity contribution in [3.8, 4) is 0 Å². The van der Waals surface area contributed by atoms with Gasteiger partial charge in [-0.25, -0.2) is 4.98 Å². The molecule has 1 amide bonds. The molecule has 0 saturated carbocycles. The van der Waals surface area contributed by atoms with E-state index in [1.807, 2.05) is 29.9 Å². The van der Waals surface area contributed by atoms with Crippen LogP contribution in [-0.4, -0.2) is 33.8 Å². The topological polar surface area (TPSA) is 71.8 Å². The fourth-order valence-electron chi connectivity index (χ4n) is 1.80. The molecule has 0 spiro atoms. The number of nitrogens with zero attached hydrogens (tertiary/aromatic N) is 3. The summed E-state index contributed by atoms with van der Waals surface area (Å²) in [4.78, 5) is 16.0. The zero-order chi connectivity index (χ0) is 14.2. The van der Waals surface area contributed by atoms with Crippen LogP contribution >= 0.6 is 0 Å². The molecule has 6 nitrogen and oxygen atoms in total. The average Bonchev–Trinajstić information content (AvgIpc) is 2.98. The molecule has 0 fully saturated rings. The third-order valence-corrected chi connectivity index (χ3v) is 2.79. The van der Waals surface area contributed by atoms with Gasteiger partial charge in [0.2, 0.25) is 0 Å². The average molecular weight is 273 g/mol. The molecule has 0 unspecified atom stereocenters. The number of hydrogen-bond acceptors (Lipinski definition) is 4. The molecule has 0 radical (unpaired) electrons. The Morgan fingerprint density at radius 1 is 1.40 bits per heavy atom. The van der Waals surface area contributed by atoms with E-state index in [0.29, 0.717) is 12.2 Å². The van der Waals surface area contributed by atoms with Crippen molar-refractivity contribution in [1.82, 2.24) is 20.1 Å². The van der Waals surface area contributed by atoms with Crippen molar-refractivity contribution in [2.75, 3.05) is 18.4 Å². The first-order valence-corrected chi connectivity index (χ1v) is 6.75. The lowest BCUT2D eigenvalue weighted by molar-refractivity contribution is 0.0947. The van der Waals surface area contributed by atoms with Gasteiger partial charge in [-0.2, -0.15) is 5.10 Å². The number of rotatable bonds is 7. The Kier molecular flexibility index (Phi) is 5.11. The number of aryl methyl sites for hydroxylation is 1. The number of carbonyl (C=O) groups is 1. The van der Waals surface area contributed by atoms with Gasteiger partial charge in [0, 0.05) is 32.0 Å². The second-order valence-corrected chi connectivity index (χ2v) is 4.34. The predicted molar refractivity (Wildman–Crippen MR) is 77.6 cm³/mol. The van der Waals surface area contributed by atoms with E-state index >= 15 is 0 Å². The Morgan fingerprint density at radius 2 is 2.30 bits per heavy atom. The number of pyridine rings is 1. The van der Waals surface area contributed by atoms with Crippen LogP contribution in [0.1, 0.15) is 23.8 Å². The monoisotopic (exact) mass is 273 g/mol. The molecule has 106 valence electrons. The number of hydrogen-bond donors (Lipinski definition) is 2. The minimum Gasteiger partial charge on any atom is -0.384 e. The van der Waals surface area contributed by atoms with Crippen molar-refractivity contribution in [3.63, 3.8) is 0 Å². The van der Waals surface area contributed by atoms with Gasteiger partial charge in [-0.15, -0.1) is 0 Å². The minimum atomic E-state index is -0.145. The molecule has 0 bridgehead atoms. The van der Waals surface area contributed by atoms with E-state index in [4.69, 9.17) is 0 Å². The molecule has 2 N–H and O–H groups in total. The highest BCUT2D eigenvalue weighted by molar-refractivity contribution is 5.92. The van der Waals surface area contributed by atoms with Crippen molar-refractivity contribution >= 4 is 11.6 Å². The van der Waals surface area contributed by atoms with Crippen molar-refractivity contribution in [2.24, 2.45) is 0 Å². The summed E-state index contributed by atoms with van der Waals surface area (Å²) >= 11 is 0. The maximum absolute atomic E-state index is 11.9. The molecule has 0 aliphatic carbocycles. The number of aromatic nitrogens is 3. The van der Waals surface area contributed by atoms with Gasteiger partial charge in [-0.1, -0.05) is 0 Å². The van der Waals surface area contributed by atoms with Crippen LogP contribution in [-0.2, 0) is 6.54 Å². The number of amides is 1. The van der Waals surface area contributed by atoms with Crippen molar-refractivity contribution < 1.29 is 4.79 Å². The largest absolute Gasteiger partial charge is 0.384 e. The molecule has 0 aliphatic rings. The quantitative estimate of drug-likeness (QED) is 0.750. The molecule has 2 aromatic rings. The summed E-state index contributed by atoms with van der Waals surface area (Å²) in [6.45, 7) is 4.25. The van der Waals surface area contributed by atoms with Gasteiger partial charge in [0.1, 0.15) is 5.69 Å². The Balaban J connectivity index is 1.73. The van der Waals surface area contributed by atoms with E-state index < -0.39 is 0 Å². The van der Waals surface area contributed by atoms with E-state index in [2.05, 4.69) is 20.7 Å². The fourth-order valence-corrected chi connectivity index (χ4v) is 1.80. The van der Waals surface area contributed by atoms with Gasteiger partial charge in [0.15, 0.2) is 0 Å². The Bertz CT molecular complexity index is 521. The SMILES string of the molecule is CCNc1ccc(C(=O)NCCCn2cccn2)nc1. The standard InChI is InChI=1S/C14H19N5O/c1-2-15-12-5-6-13(17-11-12)14(20)16-7-3-9-19-10-4-8-18-19/h4-6,8,10-11,15H,2-3,7,9H2,1H3,(H,16,20). The van der Waals surface area contributed by atoms with E-state index in [1.165, 1.54) is 0 Å². The maximum atomic E-state index is 11.9. The summed E-state index contributed by atoms with van der Waals surface area (Å²) in [7, 11) is 0. The smallest absolute Gasteiger partial charge is 0.269 e. The van der Waals surface area contributed by atoms with E-state index in [0.717, 1.165) is 25.2 Å². The van der Waals surface area contributed by atoms with Crippen LogP contribution in [0.4, 0.5) is 5.69 Å². The zero-order valence-corrected chi connectivity index (χ0v) is 11.5. The van der Waals surface area contributed by atoms with E-state index in [1.54, 1.807) is 18.5 Å². The Morgan fingerprint density at radius 3 is 2.95 bits per heavy atom. The highest BCUT2D eigenvalue weighted by Gasteiger charge is 2.05. The first-order chi connectivity index (χ1) is 9.79. The van der Waals surface area contributed by atoms with Crippen LogP contribution in [0.2, 0.25) is 0 Å². The maximum Gasteiger partial charge on any atom is 0.269 e. The van der Waals surface area contributed by atoms with Crippen LogP contribution in [0.5, 0.6) is 0 Å². The zero-order valence-electron chi connectivity index (χ0n) is 11.5. The molecule has 0 aromatic carbocycles. The number of nitrogens with one attached hydrogen (secondary N) is 2. The van der Waals surface area contributed by atoms with Gasteiger partial charge in [-0.3, -0.25) is 9.48 Å². The molecular formula is C14H19N5O. The molecule has 20 heavy (non-hydrogen) atoms. The third-order valence-electron chi connectivity index (χ3n) is 2.79. The first kappa shape index (κ1) is 14.0. The second-order valence-electron chi connectivity index (χ2n) is 4.34. The second kappa shape index (κ2) is 7.28. The van der Waals surface area contributed by atoms with Gasteiger partial charge in [0.25, 0.3) is 5.91 Å². The highest BCUT2D eigenvalue weighted by atomic mass is 16.1. The summed E-state index contributed by atoms with van der Waals surface area (Å²) in [5, 5.41) is 10.1. The Labute approximate surface area is 118 Å². The summed E-state index contributed by atoms with van der Waals surface area (Å²) in [6, 6.07) is 5.46. The third kappa shape index (κ3) is 4.08. The van der Waals surface area contributed by atoms with Crippen molar-refractivity contribution in [1.29, 1.82) is 0 Å². The van der Waals surface area contributed by atoms with Gasteiger partial charge >= 0.3 is 0 Å². The molecule has 0 saturated heterocycles. The number of anilines is 1. The molecule has 2 aromatic heterocycles. The van der Waals surface area contributed by atoms with Crippen molar-refractivity contribution in [2.45, 2.75) is 19.9 Å². The molecule has 2 heterocycles. The lowest BCUT2D eigenvalue weighted by atomic mass is 10.3. The van der Waals surface area contributed by atoms with E-state index in [9.17, 15) is 4.79 Å². The lowest BCUT2D eigenvalue weighted by Gasteiger charge is -2.06. The minimum absolute atomic E-state index is 0.145. The molecular weight excluding hydrogens is 254 g/mol. The highest BCUT2D eigenvalue weighted by Crippen LogP contribution is 2.05. The Hall–Kier alpha value is -2.37. The van der Waals surface area contributed by atoms with Crippen LogP contribution in [0.15, 0.2) is 36.8 Å². The van der Waals surface area contributed by atoms with Gasteiger partial charge in [0.05, 0.1) is 11.9 Å². The van der Waals surface area contributed by atoms with Crippen LogP contribution in [0, 0.1) is 0 Å². The molecule has 2 rings (SSSR count). The number of carbonyl (C=O) groups excluding carboxylic acids is 1. The normalized spacial score (nSPS) is 10.2. The van der Waals surface area contributed by atoms with Crippen LogP contribution < -0.4 is 10.6 Å². The van der Waals surface area contributed by atoms with Gasteiger partial charge in [-0.05, 0) is 31.5 Å². The summed E-state index contributed by atoms with van der Waals surface area (Å²) in [5.41, 5.74) is 1.36. The van der Waals surface area contributed by atoms with Crippen LogP contribution in [0.3, 0.4) is 0 Å². The van der Waals surface area contributed by atoms with Crippen molar-refractivity contribution in [3.05, 3.63) is 42.5 Å². The summed E-state index contributed by atoms with van der Waals surface area (Å²) < 4.78 is 1.84. The van der Waals surface area contributed by atoms with Crippen LogP contribution in [0.25, 0.3) is 0 Å². The summed E-state index contributed by atoms with van der Waals surface area (Å²) in [5.74, 6) is -0.145. The molecule has 6 heteroatoms. The fraction of sp³-hybridized carbons (Fsp3) is 0.357. The van der Waals surface area contributed by atoms with Gasteiger partial charge < -0.3 is 10.6 Å².